The molecule has 1 amide bonds. The number of halogens is 1. The monoisotopic (exact) mass is 309 g/mol. The molecule has 0 N–H and O–H groups in total. The number of ketones is 1. The van der Waals surface area contributed by atoms with Gasteiger partial charge in [-0.2, -0.15) is 0 Å². The number of hydrogen-bond donors (Lipinski definition) is 0. The highest BCUT2D eigenvalue weighted by molar-refractivity contribution is 6.30. The van der Waals surface area contributed by atoms with Crippen LogP contribution in [0.15, 0.2) is 24.3 Å². The predicted molar refractivity (Wildman–Crippen MR) is 81.0 cm³/mol. The lowest BCUT2D eigenvalue weighted by molar-refractivity contribution is -0.174. The molecule has 4 nitrogen and oxygen atoms in total. The van der Waals surface area contributed by atoms with Gasteiger partial charge in [0, 0.05) is 29.5 Å². The average Bonchev–Trinajstić information content (AvgIpc) is 2.53. The molecule has 5 heteroatoms. The fourth-order valence-corrected chi connectivity index (χ4v) is 2.93. The molecule has 0 unspecified atom stereocenters. The molecule has 1 aromatic carbocycles. The summed E-state index contributed by atoms with van der Waals surface area (Å²) in [5, 5.41) is 1.90. The summed E-state index contributed by atoms with van der Waals surface area (Å²) in [5.41, 5.74) is 0.697. The van der Waals surface area contributed by atoms with Crippen molar-refractivity contribution in [3.05, 3.63) is 34.9 Å². The Morgan fingerprint density at radius 1 is 1.10 bits per heavy atom. The van der Waals surface area contributed by atoms with Crippen LogP contribution in [0.2, 0.25) is 5.02 Å². The Balaban J connectivity index is 1.93. The molecule has 0 bridgehead atoms. The van der Waals surface area contributed by atoms with E-state index >= 15 is 0 Å². The molecule has 0 heterocycles. The van der Waals surface area contributed by atoms with Crippen LogP contribution < -0.4 is 0 Å². The highest BCUT2D eigenvalue weighted by Gasteiger charge is 2.31. The third-order valence-corrected chi connectivity index (χ3v) is 4.41. The number of nitrogens with zero attached hydrogens (tertiary/aromatic N) is 1. The Morgan fingerprint density at radius 3 is 2.14 bits per heavy atom. The minimum Gasteiger partial charge on any atom is -0.294 e. The largest absolute Gasteiger partial charge is 0.294 e. The van der Waals surface area contributed by atoms with Crippen LogP contribution in [0, 0.1) is 11.8 Å². The first kappa shape index (κ1) is 16.0. The fourth-order valence-electron chi connectivity index (χ4n) is 2.80. The lowest BCUT2D eigenvalue weighted by Gasteiger charge is -2.29. The number of hydrogen-bond acceptors (Lipinski definition) is 3. The Labute approximate surface area is 130 Å². The number of Topliss-reactive ketones (excluding diaryl/α,β-unsaturated/α-hetero) is 1. The standard InChI is InChI=1S/C16H20ClNO3/c1-18(21-2)16(20)13-5-3-11(4-6-13)15(19)12-7-9-14(17)10-8-12/h7-11,13H,3-6H2,1-2H3. The topological polar surface area (TPSA) is 46.6 Å². The van der Waals surface area contributed by atoms with E-state index in [1.54, 1.807) is 31.3 Å². The van der Waals surface area contributed by atoms with Gasteiger partial charge in [-0.3, -0.25) is 14.4 Å². The predicted octanol–water partition coefficient (Wildman–Crippen LogP) is 3.35. The SMILES string of the molecule is CON(C)C(=O)C1CCC(C(=O)c2ccc(Cl)cc2)CC1. The summed E-state index contributed by atoms with van der Waals surface area (Å²) in [7, 11) is 3.10. The lowest BCUT2D eigenvalue weighted by Crippen LogP contribution is -2.35. The van der Waals surface area contributed by atoms with Crippen molar-refractivity contribution >= 4 is 23.3 Å². The van der Waals surface area contributed by atoms with Crippen LogP contribution in [-0.4, -0.2) is 30.9 Å². The molecule has 0 aliphatic heterocycles. The Kier molecular flexibility index (Phi) is 5.37. The van der Waals surface area contributed by atoms with E-state index in [-0.39, 0.29) is 23.5 Å². The molecule has 1 saturated carbocycles. The van der Waals surface area contributed by atoms with E-state index in [4.69, 9.17) is 16.4 Å². The summed E-state index contributed by atoms with van der Waals surface area (Å²) in [4.78, 5) is 29.4. The average molecular weight is 310 g/mol. The van der Waals surface area contributed by atoms with E-state index in [1.807, 2.05) is 0 Å². The molecule has 21 heavy (non-hydrogen) atoms. The maximum absolute atomic E-state index is 12.4. The number of rotatable bonds is 4. The third-order valence-electron chi connectivity index (χ3n) is 4.16. The van der Waals surface area contributed by atoms with Gasteiger partial charge in [-0.25, -0.2) is 5.06 Å². The zero-order valence-corrected chi connectivity index (χ0v) is 13.1. The van der Waals surface area contributed by atoms with Crippen LogP contribution >= 0.6 is 11.6 Å². The van der Waals surface area contributed by atoms with Crippen molar-refractivity contribution in [2.24, 2.45) is 11.8 Å². The van der Waals surface area contributed by atoms with Gasteiger partial charge in [0.05, 0.1) is 7.11 Å². The smallest absolute Gasteiger partial charge is 0.248 e. The number of amides is 1. The molecule has 0 atom stereocenters. The number of hydroxylamine groups is 2. The Bertz CT molecular complexity index is 507. The molecular formula is C16H20ClNO3. The van der Waals surface area contributed by atoms with Gasteiger partial charge in [-0.1, -0.05) is 11.6 Å². The van der Waals surface area contributed by atoms with Gasteiger partial charge in [0.1, 0.15) is 0 Å². The highest BCUT2D eigenvalue weighted by Crippen LogP contribution is 2.32. The van der Waals surface area contributed by atoms with Crippen molar-refractivity contribution in [3.63, 3.8) is 0 Å². The van der Waals surface area contributed by atoms with E-state index in [0.29, 0.717) is 10.6 Å². The van der Waals surface area contributed by atoms with Crippen molar-refractivity contribution in [1.29, 1.82) is 0 Å². The Hall–Kier alpha value is -1.39. The van der Waals surface area contributed by atoms with Crippen LogP contribution in [0.1, 0.15) is 36.0 Å². The summed E-state index contributed by atoms with van der Waals surface area (Å²) in [5.74, 6) is 0.111. The van der Waals surface area contributed by atoms with Crippen LogP contribution in [0.4, 0.5) is 0 Å². The van der Waals surface area contributed by atoms with Crippen molar-refractivity contribution in [2.45, 2.75) is 25.7 Å². The minimum absolute atomic E-state index is 0.00285. The summed E-state index contributed by atoms with van der Waals surface area (Å²) in [6, 6.07) is 7.00. The number of carbonyl (C=O) groups excluding carboxylic acids is 2. The molecule has 0 radical (unpaired) electrons. The Morgan fingerprint density at radius 2 is 1.62 bits per heavy atom. The highest BCUT2D eigenvalue weighted by atomic mass is 35.5. The lowest BCUT2D eigenvalue weighted by atomic mass is 9.78. The molecule has 0 saturated heterocycles. The summed E-state index contributed by atoms with van der Waals surface area (Å²) in [6.07, 6.45) is 2.96. The normalized spacial score (nSPS) is 21.9. The molecule has 1 aliphatic carbocycles. The first-order valence-corrected chi connectivity index (χ1v) is 7.52. The summed E-state index contributed by atoms with van der Waals surface area (Å²) < 4.78 is 0. The molecule has 0 spiro atoms. The van der Waals surface area contributed by atoms with Crippen LogP contribution in [0.25, 0.3) is 0 Å². The van der Waals surface area contributed by atoms with Crippen LogP contribution in [0.5, 0.6) is 0 Å². The second-order valence-corrected chi connectivity index (χ2v) is 5.87. The molecule has 2 rings (SSSR count). The van der Waals surface area contributed by atoms with Crippen LogP contribution in [-0.2, 0) is 9.63 Å². The van der Waals surface area contributed by atoms with E-state index < -0.39 is 0 Å². The first-order valence-electron chi connectivity index (χ1n) is 7.14. The van der Waals surface area contributed by atoms with Gasteiger partial charge in [-0.05, 0) is 49.9 Å². The molecule has 1 aromatic rings. The first-order chi connectivity index (χ1) is 10.0. The number of carbonyl (C=O) groups is 2. The summed E-state index contributed by atoms with van der Waals surface area (Å²) >= 11 is 5.83. The van der Waals surface area contributed by atoms with Gasteiger partial charge >= 0.3 is 0 Å². The second-order valence-electron chi connectivity index (χ2n) is 5.44. The van der Waals surface area contributed by atoms with Gasteiger partial charge in [0.25, 0.3) is 0 Å². The zero-order chi connectivity index (χ0) is 15.4. The van der Waals surface area contributed by atoms with Crippen LogP contribution in [0.3, 0.4) is 0 Å². The summed E-state index contributed by atoms with van der Waals surface area (Å²) in [6.45, 7) is 0. The second kappa shape index (κ2) is 7.05. The van der Waals surface area contributed by atoms with Gasteiger partial charge in [-0.15, -0.1) is 0 Å². The van der Waals surface area contributed by atoms with Crippen molar-refractivity contribution in [1.82, 2.24) is 5.06 Å². The van der Waals surface area contributed by atoms with Crippen molar-refractivity contribution in [3.8, 4) is 0 Å². The molecule has 0 aromatic heterocycles. The maximum atomic E-state index is 12.4. The molecule has 1 fully saturated rings. The number of benzene rings is 1. The minimum atomic E-state index is -0.0378. The fraction of sp³-hybridized carbons (Fsp3) is 0.500. The molecule has 114 valence electrons. The van der Waals surface area contributed by atoms with Gasteiger partial charge in [0.2, 0.25) is 5.91 Å². The van der Waals surface area contributed by atoms with E-state index in [1.165, 1.54) is 12.2 Å². The third kappa shape index (κ3) is 3.83. The van der Waals surface area contributed by atoms with Crippen molar-refractivity contribution < 1.29 is 14.4 Å². The zero-order valence-electron chi connectivity index (χ0n) is 12.3. The quantitative estimate of drug-likeness (QED) is 0.633. The molecule has 1 aliphatic rings. The van der Waals surface area contributed by atoms with E-state index in [9.17, 15) is 9.59 Å². The van der Waals surface area contributed by atoms with Gasteiger partial charge < -0.3 is 0 Å². The van der Waals surface area contributed by atoms with E-state index in [0.717, 1.165) is 25.7 Å². The van der Waals surface area contributed by atoms with Crippen molar-refractivity contribution in [2.75, 3.05) is 14.2 Å². The molecular weight excluding hydrogens is 290 g/mol. The van der Waals surface area contributed by atoms with Gasteiger partial charge in [0.15, 0.2) is 5.78 Å². The van der Waals surface area contributed by atoms with E-state index in [2.05, 4.69) is 0 Å². The maximum Gasteiger partial charge on any atom is 0.248 e.